The van der Waals surface area contributed by atoms with E-state index in [-0.39, 0.29) is 0 Å². The molecule has 0 saturated carbocycles. The molecule has 0 N–H and O–H groups in total. The van der Waals surface area contributed by atoms with Crippen LogP contribution < -0.4 is 0 Å². The van der Waals surface area contributed by atoms with Crippen molar-refractivity contribution in [2.45, 2.75) is 154 Å². The van der Waals surface area contributed by atoms with Crippen molar-refractivity contribution in [3.63, 3.8) is 0 Å². The minimum Gasteiger partial charge on any atom is -0.0754 e. The van der Waals surface area contributed by atoms with Gasteiger partial charge >= 0.3 is 0 Å². The summed E-state index contributed by atoms with van der Waals surface area (Å²) in [6.07, 6.45) is 22.4. The highest BCUT2D eigenvalue weighted by Gasteiger charge is 2.20. The molecule has 0 spiro atoms. The van der Waals surface area contributed by atoms with Gasteiger partial charge in [-0.25, -0.2) is 0 Å². The fourth-order valence-electron chi connectivity index (χ4n) is 3.33. The Labute approximate surface area is 213 Å². The van der Waals surface area contributed by atoms with E-state index in [0.29, 0.717) is 9.49 Å². The summed E-state index contributed by atoms with van der Waals surface area (Å²) in [6, 6.07) is 0. The summed E-state index contributed by atoms with van der Waals surface area (Å²) < 4.78 is 0.797. The molecule has 0 aromatic heterocycles. The fraction of sp³-hybridized carbons (Fsp3) is 1.00. The van der Waals surface area contributed by atoms with Crippen molar-refractivity contribution in [3.05, 3.63) is 0 Å². The third kappa shape index (κ3) is 23.3. The zero-order valence-electron chi connectivity index (χ0n) is 20.8. The van der Waals surface area contributed by atoms with E-state index in [0.717, 1.165) is 0 Å². The van der Waals surface area contributed by atoms with Crippen LogP contribution in [0.5, 0.6) is 0 Å². The molecule has 0 rings (SSSR count). The Morgan fingerprint density at radius 2 is 0.700 bits per heavy atom. The molecule has 0 aliphatic heterocycles. The maximum Gasteiger partial charge on any atom is 0.0215 e. The van der Waals surface area contributed by atoms with Gasteiger partial charge in [-0.05, 0) is 79.8 Å². The second kappa shape index (κ2) is 21.6. The van der Waals surface area contributed by atoms with E-state index in [1.165, 1.54) is 103 Å². The van der Waals surface area contributed by atoms with Crippen LogP contribution in [0.4, 0.5) is 0 Å². The first-order valence-corrected chi connectivity index (χ1v) is 19.8. The van der Waals surface area contributed by atoms with Crippen molar-refractivity contribution in [1.82, 2.24) is 0 Å². The van der Waals surface area contributed by atoms with Gasteiger partial charge in [0.15, 0.2) is 0 Å². The summed E-state index contributed by atoms with van der Waals surface area (Å²) in [5.74, 6) is 0. The lowest BCUT2D eigenvalue weighted by atomic mass is 10.0. The predicted molar refractivity (Wildman–Crippen MR) is 159 cm³/mol. The standard InChI is InChI=1S/C24H50S6/c1-7-9-11-13-15-17-19-21-23(3,4)25-27-29-30-28-26-24(5,6)22-20-18-16-14-12-10-8-2/h7-22H2,1-6H3. The third-order valence-corrected chi connectivity index (χ3v) is 17.8. The highest BCUT2D eigenvalue weighted by atomic mass is 33.9. The molecule has 0 nitrogen and oxygen atoms in total. The van der Waals surface area contributed by atoms with E-state index in [9.17, 15) is 0 Å². The molecule has 0 bridgehead atoms. The van der Waals surface area contributed by atoms with E-state index in [1.54, 1.807) is 0 Å². The van der Waals surface area contributed by atoms with Crippen LogP contribution in [0.15, 0.2) is 0 Å². The summed E-state index contributed by atoms with van der Waals surface area (Å²) >= 11 is 0. The molecule has 182 valence electrons. The van der Waals surface area contributed by atoms with E-state index >= 15 is 0 Å². The molecule has 0 atom stereocenters. The lowest BCUT2D eigenvalue weighted by molar-refractivity contribution is 0.538. The van der Waals surface area contributed by atoms with Gasteiger partial charge in [-0.15, -0.1) is 0 Å². The Hall–Kier alpha value is 2.10. The quantitative estimate of drug-likeness (QED) is 0.0944. The Morgan fingerprint density at radius 3 is 1.03 bits per heavy atom. The third-order valence-electron chi connectivity index (χ3n) is 5.37. The molecule has 0 aliphatic carbocycles. The molecular weight excluding hydrogens is 481 g/mol. The van der Waals surface area contributed by atoms with Crippen LogP contribution in [0, 0.1) is 0 Å². The van der Waals surface area contributed by atoms with Crippen LogP contribution in [-0.2, 0) is 0 Å². The van der Waals surface area contributed by atoms with Gasteiger partial charge in [0.25, 0.3) is 0 Å². The average Bonchev–Trinajstić information content (AvgIpc) is 2.69. The van der Waals surface area contributed by atoms with Crippen molar-refractivity contribution < 1.29 is 0 Å². The summed E-state index contributed by atoms with van der Waals surface area (Å²) in [7, 11) is 12.0. The van der Waals surface area contributed by atoms with Crippen LogP contribution >= 0.6 is 60.9 Å². The molecule has 6 heteroatoms. The van der Waals surface area contributed by atoms with Crippen LogP contribution in [0.2, 0.25) is 0 Å². The van der Waals surface area contributed by atoms with Crippen LogP contribution in [0.3, 0.4) is 0 Å². The maximum atomic E-state index is 2.42. The number of rotatable bonds is 23. The topological polar surface area (TPSA) is 0 Å². The van der Waals surface area contributed by atoms with Gasteiger partial charge in [0.05, 0.1) is 0 Å². The Morgan fingerprint density at radius 1 is 0.400 bits per heavy atom. The van der Waals surface area contributed by atoms with Crippen molar-refractivity contribution in [1.29, 1.82) is 0 Å². The van der Waals surface area contributed by atoms with Gasteiger partial charge in [-0.2, -0.15) is 0 Å². The van der Waals surface area contributed by atoms with Crippen LogP contribution in [0.1, 0.15) is 144 Å². The van der Waals surface area contributed by atoms with E-state index in [4.69, 9.17) is 0 Å². The first-order valence-electron chi connectivity index (χ1n) is 12.4. The molecule has 0 aliphatic rings. The molecule has 0 radical (unpaired) electrons. The summed E-state index contributed by atoms with van der Waals surface area (Å²) in [4.78, 5) is 0. The predicted octanol–water partition coefficient (Wildman–Crippen LogP) is 12.8. The van der Waals surface area contributed by atoms with Gasteiger partial charge in [0, 0.05) is 9.49 Å². The molecule has 0 amide bonds. The monoisotopic (exact) mass is 530 g/mol. The summed E-state index contributed by atoms with van der Waals surface area (Å²) in [5, 5.41) is 0. The normalized spacial score (nSPS) is 12.6. The molecular formula is C24H50S6. The number of hydrogen-bond acceptors (Lipinski definition) is 6. The second-order valence-electron chi connectivity index (χ2n) is 9.70. The van der Waals surface area contributed by atoms with Gasteiger partial charge < -0.3 is 0 Å². The summed E-state index contributed by atoms with van der Waals surface area (Å²) in [5.41, 5.74) is 0. The number of hydrogen-bond donors (Lipinski definition) is 0. The molecule has 0 aromatic carbocycles. The van der Waals surface area contributed by atoms with Crippen molar-refractivity contribution in [3.8, 4) is 0 Å². The van der Waals surface area contributed by atoms with Crippen molar-refractivity contribution in [2.75, 3.05) is 0 Å². The van der Waals surface area contributed by atoms with Crippen LogP contribution in [0.25, 0.3) is 0 Å². The first kappa shape index (κ1) is 32.1. The lowest BCUT2D eigenvalue weighted by Crippen LogP contribution is -2.12. The van der Waals surface area contributed by atoms with Gasteiger partial charge in [-0.1, -0.05) is 125 Å². The van der Waals surface area contributed by atoms with Gasteiger partial charge in [0.2, 0.25) is 0 Å². The van der Waals surface area contributed by atoms with Gasteiger partial charge in [-0.3, -0.25) is 0 Å². The van der Waals surface area contributed by atoms with Crippen molar-refractivity contribution in [2.24, 2.45) is 0 Å². The van der Waals surface area contributed by atoms with E-state index < -0.39 is 0 Å². The highest BCUT2D eigenvalue weighted by Crippen LogP contribution is 2.57. The highest BCUT2D eigenvalue weighted by molar-refractivity contribution is 9.42. The Balaban J connectivity index is 3.57. The SMILES string of the molecule is CCCCCCCCCC(C)(C)SSSSSSC(C)(C)CCCCCCCCC. The molecule has 0 unspecified atom stereocenters. The molecule has 0 saturated heterocycles. The molecule has 0 fully saturated rings. The average molecular weight is 531 g/mol. The smallest absolute Gasteiger partial charge is 0.0215 e. The molecule has 0 aromatic rings. The van der Waals surface area contributed by atoms with Gasteiger partial charge in [0.1, 0.15) is 0 Å². The van der Waals surface area contributed by atoms with E-state index in [2.05, 4.69) is 63.1 Å². The lowest BCUT2D eigenvalue weighted by Gasteiger charge is -2.23. The maximum absolute atomic E-state index is 2.42. The Kier molecular flexibility index (Phi) is 23.1. The molecule has 0 heterocycles. The minimum atomic E-state index is 0.399. The summed E-state index contributed by atoms with van der Waals surface area (Å²) in [6.45, 7) is 14.3. The van der Waals surface area contributed by atoms with Crippen molar-refractivity contribution >= 4 is 60.9 Å². The largest absolute Gasteiger partial charge is 0.0754 e. The fourth-order valence-corrected chi connectivity index (χ4v) is 16.8. The minimum absolute atomic E-state index is 0.399. The Bertz CT molecular complexity index is 326. The van der Waals surface area contributed by atoms with Crippen LogP contribution in [-0.4, -0.2) is 9.49 Å². The zero-order valence-corrected chi connectivity index (χ0v) is 25.7. The zero-order chi connectivity index (χ0) is 22.6. The molecule has 30 heavy (non-hydrogen) atoms. The number of unbranched alkanes of at least 4 members (excludes halogenated alkanes) is 12. The van der Waals surface area contributed by atoms with E-state index in [1.807, 2.05) is 39.3 Å². The second-order valence-corrected chi connectivity index (χ2v) is 20.3. The first-order chi connectivity index (χ1) is 14.3.